The molecule has 0 aromatic heterocycles. The van der Waals surface area contributed by atoms with Gasteiger partial charge in [-0.1, -0.05) is 71.1 Å². The van der Waals surface area contributed by atoms with Gasteiger partial charge in [0, 0.05) is 65.1 Å². The molecule has 1 aliphatic carbocycles. The highest BCUT2D eigenvalue weighted by atomic mass is 16.6. The molecule has 2 N–H and O–H groups in total. The van der Waals surface area contributed by atoms with Crippen LogP contribution in [0.15, 0.2) is 47.6 Å². The number of cyclic esters (lactones) is 1. The first-order chi connectivity index (χ1) is 33.3. The summed E-state index contributed by atoms with van der Waals surface area (Å²) in [6.45, 7) is 16.4. The van der Waals surface area contributed by atoms with Crippen LogP contribution >= 0.6 is 0 Å². The third kappa shape index (κ3) is 16.3. The number of Topliss-reactive ketones (excluding diaryl/α,β-unsaturated/α-hetero) is 3. The molecule has 3 aliphatic heterocycles. The molecular weight excluding hydrogens is 899 g/mol. The lowest BCUT2D eigenvalue weighted by Crippen LogP contribution is -2.61. The number of ketones is 3. The Morgan fingerprint density at radius 1 is 0.843 bits per heavy atom. The second-order valence-electron chi connectivity index (χ2n) is 20.6. The van der Waals surface area contributed by atoms with E-state index in [1.165, 1.54) is 12.0 Å². The molecule has 15 heteroatoms. The number of amides is 1. The maximum Gasteiger partial charge on any atom is 0.329 e. The second kappa shape index (κ2) is 28.7. The lowest BCUT2D eigenvalue weighted by molar-refractivity contribution is -0.265. The zero-order chi connectivity index (χ0) is 51.7. The molecular formula is C55H87NO14. The molecule has 396 valence electrons. The van der Waals surface area contributed by atoms with E-state index in [4.69, 9.17) is 33.2 Å². The first-order valence-electron chi connectivity index (χ1n) is 26.0. The molecule has 3 fully saturated rings. The quantitative estimate of drug-likeness (QED) is 0.0911. The first-order valence-corrected chi connectivity index (χ1v) is 26.0. The lowest BCUT2D eigenvalue weighted by atomic mass is 9.78. The largest absolute Gasteiger partial charge is 0.460 e. The fourth-order valence-corrected chi connectivity index (χ4v) is 10.7. The van der Waals surface area contributed by atoms with Gasteiger partial charge in [-0.15, -0.1) is 0 Å². The molecule has 0 radical (unpaired) electrons. The minimum Gasteiger partial charge on any atom is -0.460 e. The van der Waals surface area contributed by atoms with Crippen LogP contribution in [0, 0.1) is 35.5 Å². The van der Waals surface area contributed by atoms with Crippen LogP contribution in [0.2, 0.25) is 0 Å². The SMILES string of the molecule is CCOCCOC1CCC(CC(C)C2CC(=O)C(C)/C=C(\C)C(O)C(OC)C(=O)C(C)CC(C)/C=C/C=C/C=C(/C)C(OC)CC3CCC(C)C(O)(O3)C(=O)C(=O)N3CCCCC3C(=O)O2)CC1OC. The number of fused-ring (bicyclic) bond motifs is 3. The number of ether oxygens (including phenoxy) is 7. The molecule has 1 amide bonds. The van der Waals surface area contributed by atoms with Crippen LogP contribution in [0.4, 0.5) is 0 Å². The van der Waals surface area contributed by atoms with Crippen molar-refractivity contribution in [3.63, 3.8) is 0 Å². The van der Waals surface area contributed by atoms with Gasteiger partial charge in [0.05, 0.1) is 37.6 Å². The van der Waals surface area contributed by atoms with E-state index >= 15 is 0 Å². The Bertz CT molecular complexity index is 1840. The van der Waals surface area contributed by atoms with E-state index in [9.17, 15) is 34.2 Å². The van der Waals surface area contributed by atoms with Crippen molar-refractivity contribution in [2.45, 2.75) is 187 Å². The number of carbonyl (C=O) groups excluding carboxylic acids is 5. The molecule has 0 spiro atoms. The molecule has 1 saturated carbocycles. The molecule has 15 unspecified atom stereocenters. The second-order valence-corrected chi connectivity index (χ2v) is 20.6. The number of hydrogen-bond acceptors (Lipinski definition) is 14. The maximum absolute atomic E-state index is 14.5. The number of methoxy groups -OCH3 is 3. The topological polar surface area (TPSA) is 194 Å². The van der Waals surface area contributed by atoms with Gasteiger partial charge in [0.1, 0.15) is 30.1 Å². The fourth-order valence-electron chi connectivity index (χ4n) is 10.7. The zero-order valence-electron chi connectivity index (χ0n) is 44.1. The minimum absolute atomic E-state index is 0.0195. The van der Waals surface area contributed by atoms with Gasteiger partial charge in [-0.25, -0.2) is 4.79 Å². The van der Waals surface area contributed by atoms with Gasteiger partial charge in [-0.3, -0.25) is 19.2 Å². The monoisotopic (exact) mass is 986 g/mol. The molecule has 2 bridgehead atoms. The Kier molecular flexibility index (Phi) is 24.3. The van der Waals surface area contributed by atoms with Gasteiger partial charge in [0.2, 0.25) is 5.79 Å². The van der Waals surface area contributed by atoms with Crippen LogP contribution in [-0.4, -0.2) is 147 Å². The molecule has 15 atom stereocenters. The Balaban J connectivity index is 1.68. The van der Waals surface area contributed by atoms with Crippen LogP contribution in [0.25, 0.3) is 0 Å². The highest BCUT2D eigenvalue weighted by Gasteiger charge is 2.53. The Morgan fingerprint density at radius 2 is 1.59 bits per heavy atom. The van der Waals surface area contributed by atoms with Crippen LogP contribution in [0.3, 0.4) is 0 Å². The van der Waals surface area contributed by atoms with E-state index in [1.54, 1.807) is 41.1 Å². The number of aliphatic hydroxyl groups excluding tert-OH is 1. The third-order valence-corrected chi connectivity index (χ3v) is 15.2. The summed E-state index contributed by atoms with van der Waals surface area (Å²) in [5, 5.41) is 23.5. The van der Waals surface area contributed by atoms with Gasteiger partial charge in [-0.05, 0) is 114 Å². The van der Waals surface area contributed by atoms with E-state index in [0.29, 0.717) is 76.8 Å². The summed E-state index contributed by atoms with van der Waals surface area (Å²) in [5.41, 5.74) is 1.28. The maximum atomic E-state index is 14.5. The van der Waals surface area contributed by atoms with Crippen molar-refractivity contribution in [3.8, 4) is 0 Å². The predicted molar refractivity (Wildman–Crippen MR) is 265 cm³/mol. The van der Waals surface area contributed by atoms with E-state index in [-0.39, 0.29) is 60.9 Å². The van der Waals surface area contributed by atoms with Crippen LogP contribution in [0.1, 0.15) is 132 Å². The Morgan fingerprint density at radius 3 is 2.27 bits per heavy atom. The summed E-state index contributed by atoms with van der Waals surface area (Å²) in [5.74, 6) is -7.83. The van der Waals surface area contributed by atoms with Crippen LogP contribution < -0.4 is 0 Å². The highest BCUT2D eigenvalue weighted by molar-refractivity contribution is 6.39. The van der Waals surface area contributed by atoms with Crippen LogP contribution in [-0.2, 0) is 57.1 Å². The summed E-state index contributed by atoms with van der Waals surface area (Å²) < 4.78 is 41.5. The first kappa shape index (κ1) is 59.2. The van der Waals surface area contributed by atoms with E-state index in [2.05, 4.69) is 0 Å². The van der Waals surface area contributed by atoms with Crippen molar-refractivity contribution >= 4 is 29.2 Å². The number of carbonyl (C=O) groups is 5. The number of nitrogens with zero attached hydrogens (tertiary/aromatic N) is 1. The number of piperidine rings is 1. The van der Waals surface area contributed by atoms with E-state index in [0.717, 1.165) is 18.4 Å². The van der Waals surface area contributed by atoms with Crippen molar-refractivity contribution in [1.29, 1.82) is 0 Å². The summed E-state index contributed by atoms with van der Waals surface area (Å²) in [7, 11) is 4.64. The fraction of sp³-hybridized carbons (Fsp3) is 0.764. The van der Waals surface area contributed by atoms with Gasteiger partial charge < -0.3 is 48.3 Å². The molecule has 3 heterocycles. The summed E-state index contributed by atoms with van der Waals surface area (Å²) in [4.78, 5) is 72.4. The molecule has 0 aromatic rings. The number of aliphatic hydroxyl groups is 2. The van der Waals surface area contributed by atoms with Gasteiger partial charge in [-0.2, -0.15) is 0 Å². The third-order valence-electron chi connectivity index (χ3n) is 15.2. The summed E-state index contributed by atoms with van der Waals surface area (Å²) >= 11 is 0. The van der Waals surface area contributed by atoms with Crippen molar-refractivity contribution < 1.29 is 67.3 Å². The Hall–Kier alpha value is -3.41. The van der Waals surface area contributed by atoms with Crippen molar-refractivity contribution in [3.05, 3.63) is 47.6 Å². The van der Waals surface area contributed by atoms with Crippen molar-refractivity contribution in [2.24, 2.45) is 35.5 Å². The molecule has 4 rings (SSSR count). The van der Waals surface area contributed by atoms with Crippen LogP contribution in [0.5, 0.6) is 0 Å². The standard InChI is InChI=1S/C55H87NO14/c1-12-67-26-27-68-45-24-22-41(31-48(45)65-10)30-37(5)47-33-44(57)36(4)29-39(7)50(59)51(66-11)49(58)38(6)28-34(2)18-14-13-15-19-35(3)46(64-9)32-42-23-21-40(8)55(63,70-42)52(60)53(61)56-25-17-16-20-43(56)54(62)69-47/h13-15,18-19,29,34,36-38,40-43,45-48,50-51,59,63H,12,16-17,20-28,30-33H2,1-11H3/b15-13+,18-14+,35-19-,39-29+. The molecule has 2 saturated heterocycles. The average Bonchev–Trinajstić information content (AvgIpc) is 3.34. The number of esters is 1. The molecule has 4 aliphatic rings. The summed E-state index contributed by atoms with van der Waals surface area (Å²) in [6.07, 6.45) is 12.4. The average molecular weight is 986 g/mol. The number of allylic oxidation sites excluding steroid dienone is 6. The smallest absolute Gasteiger partial charge is 0.329 e. The normalized spacial score (nSPS) is 38.4. The number of hydrogen-bond donors (Lipinski definition) is 2. The van der Waals surface area contributed by atoms with Crippen molar-refractivity contribution in [2.75, 3.05) is 47.7 Å². The van der Waals surface area contributed by atoms with E-state index < -0.39 is 77.8 Å². The minimum atomic E-state index is -2.43. The molecule has 15 nitrogen and oxygen atoms in total. The molecule has 0 aromatic carbocycles. The Labute approximate surface area is 418 Å². The molecule has 70 heavy (non-hydrogen) atoms. The van der Waals surface area contributed by atoms with E-state index in [1.807, 2.05) is 65.0 Å². The lowest BCUT2D eigenvalue weighted by Gasteiger charge is -2.42. The van der Waals surface area contributed by atoms with Gasteiger partial charge >= 0.3 is 5.97 Å². The highest BCUT2D eigenvalue weighted by Crippen LogP contribution is 2.38. The number of rotatable bonds is 11. The van der Waals surface area contributed by atoms with Gasteiger partial charge in [0.25, 0.3) is 11.7 Å². The predicted octanol–water partition coefficient (Wildman–Crippen LogP) is 7.24. The van der Waals surface area contributed by atoms with Crippen molar-refractivity contribution in [1.82, 2.24) is 4.90 Å². The summed E-state index contributed by atoms with van der Waals surface area (Å²) in [6, 6.07) is -1.14. The van der Waals surface area contributed by atoms with Gasteiger partial charge in [0.15, 0.2) is 5.78 Å². The zero-order valence-corrected chi connectivity index (χ0v) is 44.1.